The first-order valence-electron chi connectivity index (χ1n) is 7.64. The van der Waals surface area contributed by atoms with Gasteiger partial charge < -0.3 is 18.9 Å². The highest BCUT2D eigenvalue weighted by atomic mass is 35.5. The normalized spacial score (nSPS) is 14.8. The molecule has 1 aliphatic heterocycles. The summed E-state index contributed by atoms with van der Waals surface area (Å²) >= 11 is 6.03. The van der Waals surface area contributed by atoms with Crippen LogP contribution < -0.4 is 14.2 Å². The van der Waals surface area contributed by atoms with Gasteiger partial charge in [0.1, 0.15) is 5.75 Å². The Bertz CT molecular complexity index is 920. The molecular formula is C19H16ClNO5. The van der Waals surface area contributed by atoms with E-state index in [0.717, 1.165) is 5.56 Å². The van der Waals surface area contributed by atoms with Gasteiger partial charge in [0.15, 0.2) is 17.2 Å². The van der Waals surface area contributed by atoms with E-state index in [0.29, 0.717) is 27.8 Å². The van der Waals surface area contributed by atoms with Crippen LogP contribution in [0.3, 0.4) is 0 Å². The summed E-state index contributed by atoms with van der Waals surface area (Å²) in [5.41, 5.74) is 1.39. The van der Waals surface area contributed by atoms with Gasteiger partial charge in [-0.05, 0) is 42.0 Å². The molecule has 1 heterocycles. The number of aliphatic imine (C=N–C) groups is 1. The second-order valence-corrected chi connectivity index (χ2v) is 5.73. The first-order valence-corrected chi connectivity index (χ1v) is 8.02. The zero-order valence-electron chi connectivity index (χ0n) is 14.4. The van der Waals surface area contributed by atoms with Gasteiger partial charge in [-0.1, -0.05) is 17.7 Å². The Morgan fingerprint density at radius 3 is 2.35 bits per heavy atom. The van der Waals surface area contributed by atoms with Gasteiger partial charge in [0.05, 0.1) is 26.9 Å². The highest BCUT2D eigenvalue weighted by molar-refractivity contribution is 6.31. The molecule has 0 bridgehead atoms. The average molecular weight is 374 g/mol. The zero-order valence-corrected chi connectivity index (χ0v) is 15.2. The van der Waals surface area contributed by atoms with E-state index in [1.54, 1.807) is 56.7 Å². The van der Waals surface area contributed by atoms with E-state index >= 15 is 0 Å². The fourth-order valence-electron chi connectivity index (χ4n) is 2.47. The van der Waals surface area contributed by atoms with Crippen LogP contribution in [0.15, 0.2) is 47.1 Å². The fraction of sp³-hybridized carbons (Fsp3) is 0.158. The van der Waals surface area contributed by atoms with Crippen molar-refractivity contribution in [1.82, 2.24) is 0 Å². The molecule has 26 heavy (non-hydrogen) atoms. The molecule has 0 radical (unpaired) electrons. The van der Waals surface area contributed by atoms with Crippen molar-refractivity contribution in [3.05, 3.63) is 58.2 Å². The van der Waals surface area contributed by atoms with Gasteiger partial charge in [0.2, 0.25) is 5.90 Å². The Morgan fingerprint density at radius 2 is 1.65 bits per heavy atom. The number of hydrogen-bond acceptors (Lipinski definition) is 6. The maximum Gasteiger partial charge on any atom is 0.363 e. The monoisotopic (exact) mass is 373 g/mol. The molecule has 134 valence electrons. The van der Waals surface area contributed by atoms with Crippen molar-refractivity contribution < 1.29 is 23.7 Å². The third-order valence-electron chi connectivity index (χ3n) is 3.72. The van der Waals surface area contributed by atoms with Crippen LogP contribution in [-0.4, -0.2) is 33.2 Å². The van der Waals surface area contributed by atoms with E-state index < -0.39 is 5.97 Å². The van der Waals surface area contributed by atoms with Crippen LogP contribution in [0.5, 0.6) is 17.2 Å². The third-order valence-corrected chi connectivity index (χ3v) is 3.96. The largest absolute Gasteiger partial charge is 0.496 e. The van der Waals surface area contributed by atoms with Gasteiger partial charge in [-0.3, -0.25) is 0 Å². The SMILES string of the molecule is COc1ccc(C=C2N=C(c3cc(Cl)ccc3OC)OC2=O)cc1OC. The summed E-state index contributed by atoms with van der Waals surface area (Å²) < 4.78 is 21.0. The molecule has 0 N–H and O–H groups in total. The van der Waals surface area contributed by atoms with Gasteiger partial charge in [-0.25, -0.2) is 9.79 Å². The molecule has 0 spiro atoms. The molecule has 2 aromatic carbocycles. The summed E-state index contributed by atoms with van der Waals surface area (Å²) in [4.78, 5) is 16.5. The molecule has 0 atom stereocenters. The van der Waals surface area contributed by atoms with Crippen LogP contribution in [0.4, 0.5) is 0 Å². The van der Waals surface area contributed by atoms with Gasteiger partial charge in [-0.15, -0.1) is 0 Å². The summed E-state index contributed by atoms with van der Waals surface area (Å²) in [6.45, 7) is 0. The number of benzene rings is 2. The van der Waals surface area contributed by atoms with E-state index in [1.807, 2.05) is 0 Å². The van der Waals surface area contributed by atoms with Crippen molar-refractivity contribution in [3.63, 3.8) is 0 Å². The van der Waals surface area contributed by atoms with Crippen molar-refractivity contribution in [2.75, 3.05) is 21.3 Å². The van der Waals surface area contributed by atoms with Crippen LogP contribution >= 0.6 is 11.6 Å². The highest BCUT2D eigenvalue weighted by Gasteiger charge is 2.26. The summed E-state index contributed by atoms with van der Waals surface area (Å²) in [5, 5.41) is 0.483. The number of rotatable bonds is 5. The molecule has 0 aromatic heterocycles. The Labute approximate surface area is 155 Å². The molecule has 0 aliphatic carbocycles. The quantitative estimate of drug-likeness (QED) is 0.590. The van der Waals surface area contributed by atoms with Crippen LogP contribution in [0.1, 0.15) is 11.1 Å². The van der Waals surface area contributed by atoms with Crippen LogP contribution in [0.25, 0.3) is 6.08 Å². The highest BCUT2D eigenvalue weighted by Crippen LogP contribution is 2.30. The summed E-state index contributed by atoms with van der Waals surface area (Å²) in [7, 11) is 4.62. The van der Waals surface area contributed by atoms with Crippen molar-refractivity contribution in [2.24, 2.45) is 4.99 Å². The first kappa shape index (κ1) is 17.8. The number of carbonyl (C=O) groups is 1. The minimum atomic E-state index is -0.559. The van der Waals surface area contributed by atoms with Crippen LogP contribution in [0.2, 0.25) is 5.02 Å². The van der Waals surface area contributed by atoms with Crippen LogP contribution in [-0.2, 0) is 9.53 Å². The molecule has 7 heteroatoms. The first-order chi connectivity index (χ1) is 12.5. The van der Waals surface area contributed by atoms with Crippen molar-refractivity contribution in [2.45, 2.75) is 0 Å². The summed E-state index contributed by atoms with van der Waals surface area (Å²) in [6, 6.07) is 10.3. The average Bonchev–Trinajstić information content (AvgIpc) is 3.02. The van der Waals surface area contributed by atoms with Crippen molar-refractivity contribution in [1.29, 1.82) is 0 Å². The van der Waals surface area contributed by atoms with Gasteiger partial charge in [0.25, 0.3) is 0 Å². The molecule has 3 rings (SSSR count). The Kier molecular flexibility index (Phi) is 5.14. The molecular weight excluding hydrogens is 358 g/mol. The molecule has 1 aliphatic rings. The second-order valence-electron chi connectivity index (χ2n) is 5.30. The molecule has 0 fully saturated rings. The number of carbonyl (C=O) groups excluding carboxylic acids is 1. The van der Waals surface area contributed by atoms with Gasteiger partial charge >= 0.3 is 5.97 Å². The number of esters is 1. The van der Waals surface area contributed by atoms with Crippen molar-refractivity contribution >= 4 is 29.5 Å². The number of cyclic esters (lactones) is 1. The fourth-order valence-corrected chi connectivity index (χ4v) is 2.64. The predicted molar refractivity (Wildman–Crippen MR) is 98.2 cm³/mol. The second kappa shape index (κ2) is 7.49. The molecule has 0 saturated carbocycles. The number of ether oxygens (including phenoxy) is 4. The standard InChI is InChI=1S/C19H16ClNO5/c1-23-15-7-5-12(20)10-13(15)18-21-14(19(22)26-18)8-11-4-6-16(24-2)17(9-11)25-3/h4-10H,1-3H3. The number of nitrogens with zero attached hydrogens (tertiary/aromatic N) is 1. The lowest BCUT2D eigenvalue weighted by Crippen LogP contribution is -2.07. The maximum absolute atomic E-state index is 12.2. The third kappa shape index (κ3) is 3.50. The summed E-state index contributed by atoms with van der Waals surface area (Å²) in [6.07, 6.45) is 1.61. The lowest BCUT2D eigenvalue weighted by atomic mass is 10.1. The van der Waals surface area contributed by atoms with Crippen molar-refractivity contribution in [3.8, 4) is 17.2 Å². The minimum Gasteiger partial charge on any atom is -0.496 e. The lowest BCUT2D eigenvalue weighted by molar-refractivity contribution is -0.129. The van der Waals surface area contributed by atoms with Gasteiger partial charge in [0, 0.05) is 5.02 Å². The predicted octanol–water partition coefficient (Wildman–Crippen LogP) is 3.71. The molecule has 2 aromatic rings. The van der Waals surface area contributed by atoms with E-state index in [9.17, 15) is 4.79 Å². The molecule has 0 unspecified atom stereocenters. The Morgan fingerprint density at radius 1 is 0.962 bits per heavy atom. The Hall–Kier alpha value is -2.99. The van der Waals surface area contributed by atoms with E-state index in [1.165, 1.54) is 7.11 Å². The maximum atomic E-state index is 12.2. The number of methoxy groups -OCH3 is 3. The lowest BCUT2D eigenvalue weighted by Gasteiger charge is -2.07. The molecule has 0 amide bonds. The van der Waals surface area contributed by atoms with Gasteiger partial charge in [-0.2, -0.15) is 0 Å². The number of hydrogen-bond donors (Lipinski definition) is 0. The van der Waals surface area contributed by atoms with E-state index in [2.05, 4.69) is 4.99 Å². The topological polar surface area (TPSA) is 66.3 Å². The van der Waals surface area contributed by atoms with E-state index in [-0.39, 0.29) is 11.6 Å². The molecule has 0 saturated heterocycles. The van der Waals surface area contributed by atoms with E-state index in [4.69, 9.17) is 30.5 Å². The summed E-state index contributed by atoms with van der Waals surface area (Å²) in [5.74, 6) is 1.23. The smallest absolute Gasteiger partial charge is 0.363 e. The van der Waals surface area contributed by atoms with Crippen LogP contribution in [0, 0.1) is 0 Å². The Balaban J connectivity index is 1.98. The minimum absolute atomic E-state index is 0.140. The zero-order chi connectivity index (χ0) is 18.7. The molecule has 6 nitrogen and oxygen atoms in total. The number of halogens is 1.